The second kappa shape index (κ2) is 8.53. The van der Waals surface area contributed by atoms with Gasteiger partial charge in [-0.25, -0.2) is 9.97 Å². The number of rotatable bonds is 5. The number of halogens is 2. The Morgan fingerprint density at radius 2 is 1.79 bits per heavy atom. The van der Waals surface area contributed by atoms with E-state index in [1.807, 2.05) is 4.40 Å². The van der Waals surface area contributed by atoms with Crippen LogP contribution in [-0.4, -0.2) is 38.8 Å². The lowest BCUT2D eigenvalue weighted by Crippen LogP contribution is -2.28. The first-order valence-electron chi connectivity index (χ1n) is 10.9. The SMILES string of the molecule is Nc1nccn2c([C@@H]3CC[C@@H](CO)OC3)nc(-c3ccc(C(F)(F)c4ccccc4)cc3)c12. The van der Waals surface area contributed by atoms with E-state index in [4.69, 9.17) is 15.5 Å². The Bertz CT molecular complexity index is 1250. The smallest absolute Gasteiger partial charge is 0.298 e. The van der Waals surface area contributed by atoms with Crippen molar-refractivity contribution >= 4 is 11.3 Å². The number of alkyl halides is 2. The van der Waals surface area contributed by atoms with Crippen LogP contribution in [0.25, 0.3) is 16.8 Å². The number of nitrogens with two attached hydrogens (primary N) is 1. The molecule has 2 atom stereocenters. The van der Waals surface area contributed by atoms with Crippen LogP contribution in [0.4, 0.5) is 14.6 Å². The van der Waals surface area contributed by atoms with Gasteiger partial charge in [0.1, 0.15) is 22.9 Å². The monoisotopic (exact) mass is 450 g/mol. The van der Waals surface area contributed by atoms with Crippen molar-refractivity contribution in [2.45, 2.75) is 30.8 Å². The highest BCUT2D eigenvalue weighted by molar-refractivity contribution is 5.85. The van der Waals surface area contributed by atoms with Crippen molar-refractivity contribution in [1.29, 1.82) is 0 Å². The molecular formula is C25H24F2N4O2. The largest absolute Gasteiger partial charge is 0.394 e. The summed E-state index contributed by atoms with van der Waals surface area (Å²) < 4.78 is 37.6. The molecule has 6 nitrogen and oxygen atoms in total. The molecule has 3 N–H and O–H groups in total. The van der Waals surface area contributed by atoms with Crippen molar-refractivity contribution < 1.29 is 18.6 Å². The molecule has 1 aliphatic rings. The summed E-state index contributed by atoms with van der Waals surface area (Å²) >= 11 is 0. The zero-order chi connectivity index (χ0) is 23.0. The number of ether oxygens (including phenoxy) is 1. The first-order valence-corrected chi connectivity index (χ1v) is 10.9. The summed E-state index contributed by atoms with van der Waals surface area (Å²) in [5, 5.41) is 9.34. The van der Waals surface area contributed by atoms with Crippen molar-refractivity contribution in [2.75, 3.05) is 18.9 Å². The number of fused-ring (bicyclic) bond motifs is 1. The van der Waals surface area contributed by atoms with Gasteiger partial charge in [-0.05, 0) is 12.8 Å². The molecule has 0 aliphatic carbocycles. The highest BCUT2D eigenvalue weighted by atomic mass is 19.3. The van der Waals surface area contributed by atoms with Crippen molar-refractivity contribution in [3.05, 3.63) is 83.9 Å². The summed E-state index contributed by atoms with van der Waals surface area (Å²) in [6, 6.07) is 13.9. The molecule has 4 aromatic rings. The van der Waals surface area contributed by atoms with Gasteiger partial charge in [0.2, 0.25) is 0 Å². The number of anilines is 1. The molecule has 33 heavy (non-hydrogen) atoms. The van der Waals surface area contributed by atoms with Crippen LogP contribution in [0.3, 0.4) is 0 Å². The number of hydrogen-bond acceptors (Lipinski definition) is 5. The number of nitrogens with zero attached hydrogens (tertiary/aromatic N) is 3. The summed E-state index contributed by atoms with van der Waals surface area (Å²) in [6.45, 7) is 0.436. The molecule has 5 rings (SSSR count). The predicted octanol–water partition coefficient (Wildman–Crippen LogP) is 4.37. The van der Waals surface area contributed by atoms with Gasteiger partial charge in [0.15, 0.2) is 0 Å². The molecule has 0 saturated carbocycles. The van der Waals surface area contributed by atoms with Gasteiger partial charge in [0.25, 0.3) is 5.92 Å². The third-order valence-electron chi connectivity index (χ3n) is 6.21. The Balaban J connectivity index is 1.53. The summed E-state index contributed by atoms with van der Waals surface area (Å²) in [5.74, 6) is -1.98. The topological polar surface area (TPSA) is 85.7 Å². The molecule has 2 aromatic heterocycles. The molecule has 1 fully saturated rings. The highest BCUT2D eigenvalue weighted by Gasteiger charge is 2.34. The van der Waals surface area contributed by atoms with Crippen LogP contribution in [0.15, 0.2) is 67.0 Å². The van der Waals surface area contributed by atoms with E-state index in [0.29, 0.717) is 29.2 Å². The summed E-state index contributed by atoms with van der Waals surface area (Å²) in [5.41, 5.74) is 7.96. The fraction of sp³-hybridized carbons (Fsp3) is 0.280. The Labute approximate surface area is 189 Å². The quantitative estimate of drug-likeness (QED) is 0.472. The molecule has 0 spiro atoms. The molecule has 0 radical (unpaired) electrons. The Hall–Kier alpha value is -3.36. The zero-order valence-corrected chi connectivity index (χ0v) is 17.9. The molecule has 0 unspecified atom stereocenters. The van der Waals surface area contributed by atoms with Crippen LogP contribution >= 0.6 is 0 Å². The van der Waals surface area contributed by atoms with Crippen LogP contribution in [0.5, 0.6) is 0 Å². The van der Waals surface area contributed by atoms with Crippen molar-refractivity contribution in [1.82, 2.24) is 14.4 Å². The van der Waals surface area contributed by atoms with Crippen LogP contribution in [-0.2, 0) is 10.7 Å². The standard InChI is InChI=1S/C25H24F2N4O2/c26-25(27,18-4-2-1-3-5-18)19-9-6-16(7-10-19)21-22-23(28)29-12-13-31(22)24(30-21)17-8-11-20(14-32)33-15-17/h1-7,9-10,12-13,17,20,32H,8,11,14-15H2,(H2,28,29)/t17-,20+/m1/s1. The average molecular weight is 450 g/mol. The van der Waals surface area contributed by atoms with Gasteiger partial charge < -0.3 is 15.6 Å². The third kappa shape index (κ3) is 3.85. The zero-order valence-electron chi connectivity index (χ0n) is 17.9. The van der Waals surface area contributed by atoms with E-state index in [2.05, 4.69) is 4.98 Å². The van der Waals surface area contributed by atoms with E-state index >= 15 is 0 Å². The van der Waals surface area contributed by atoms with E-state index < -0.39 is 5.92 Å². The lowest BCUT2D eigenvalue weighted by Gasteiger charge is -2.27. The summed E-state index contributed by atoms with van der Waals surface area (Å²) in [4.78, 5) is 9.06. The van der Waals surface area contributed by atoms with Crippen molar-refractivity contribution in [3.8, 4) is 11.3 Å². The molecule has 8 heteroatoms. The minimum Gasteiger partial charge on any atom is -0.394 e. The molecule has 2 aromatic carbocycles. The second-order valence-electron chi connectivity index (χ2n) is 8.28. The molecule has 0 amide bonds. The molecule has 3 heterocycles. The molecular weight excluding hydrogens is 426 g/mol. The van der Waals surface area contributed by atoms with Gasteiger partial charge in [0.05, 0.1) is 19.3 Å². The van der Waals surface area contributed by atoms with E-state index in [1.165, 1.54) is 24.3 Å². The normalized spacial score (nSPS) is 19.1. The minimum atomic E-state index is -3.11. The van der Waals surface area contributed by atoms with Gasteiger partial charge in [-0.15, -0.1) is 0 Å². The maximum Gasteiger partial charge on any atom is 0.298 e. The lowest BCUT2D eigenvalue weighted by molar-refractivity contribution is -0.0282. The van der Waals surface area contributed by atoms with Crippen LogP contribution in [0, 0.1) is 0 Å². The van der Waals surface area contributed by atoms with E-state index in [0.717, 1.165) is 18.7 Å². The molecule has 170 valence electrons. The number of nitrogen functional groups attached to an aromatic ring is 1. The highest BCUT2D eigenvalue weighted by Crippen LogP contribution is 2.38. The second-order valence-corrected chi connectivity index (χ2v) is 8.28. The summed E-state index contributed by atoms with van der Waals surface area (Å²) in [7, 11) is 0. The fourth-order valence-corrected chi connectivity index (χ4v) is 4.38. The average Bonchev–Trinajstić information content (AvgIpc) is 3.26. The lowest BCUT2D eigenvalue weighted by atomic mass is 9.98. The maximum atomic E-state index is 15.0. The van der Waals surface area contributed by atoms with Gasteiger partial charge >= 0.3 is 0 Å². The van der Waals surface area contributed by atoms with Crippen LogP contribution in [0.2, 0.25) is 0 Å². The molecule has 0 bridgehead atoms. The fourth-order valence-electron chi connectivity index (χ4n) is 4.38. The number of aromatic nitrogens is 3. The minimum absolute atomic E-state index is 0.00284. The van der Waals surface area contributed by atoms with E-state index in [9.17, 15) is 13.9 Å². The van der Waals surface area contributed by atoms with Gasteiger partial charge in [-0.2, -0.15) is 8.78 Å². The van der Waals surface area contributed by atoms with Gasteiger partial charge in [-0.3, -0.25) is 4.40 Å². The van der Waals surface area contributed by atoms with Crippen molar-refractivity contribution in [2.24, 2.45) is 0 Å². The first kappa shape index (κ1) is 21.5. The Kier molecular flexibility index (Phi) is 5.55. The van der Waals surface area contributed by atoms with E-state index in [1.54, 1.807) is 42.7 Å². The van der Waals surface area contributed by atoms with Gasteiger partial charge in [0, 0.05) is 35.0 Å². The Morgan fingerprint density at radius 1 is 1.06 bits per heavy atom. The van der Waals surface area contributed by atoms with Gasteiger partial charge in [-0.1, -0.05) is 54.6 Å². The maximum absolute atomic E-state index is 15.0. The first-order chi connectivity index (χ1) is 16.0. The number of aliphatic hydroxyl groups is 1. The number of aliphatic hydroxyl groups excluding tert-OH is 1. The molecule has 1 aliphatic heterocycles. The van der Waals surface area contributed by atoms with Crippen molar-refractivity contribution in [3.63, 3.8) is 0 Å². The number of benzene rings is 2. The van der Waals surface area contributed by atoms with Crippen LogP contribution < -0.4 is 5.73 Å². The number of imidazole rings is 1. The predicted molar refractivity (Wildman–Crippen MR) is 121 cm³/mol. The molecule has 1 saturated heterocycles. The summed E-state index contributed by atoms with van der Waals surface area (Å²) in [6.07, 6.45) is 4.80. The Morgan fingerprint density at radius 3 is 2.45 bits per heavy atom. The third-order valence-corrected chi connectivity index (χ3v) is 6.21. The number of hydrogen-bond donors (Lipinski definition) is 2. The van der Waals surface area contributed by atoms with E-state index in [-0.39, 0.29) is 29.8 Å². The van der Waals surface area contributed by atoms with Crippen LogP contribution in [0.1, 0.15) is 35.7 Å².